The van der Waals surface area contributed by atoms with Gasteiger partial charge in [-0.25, -0.2) is 0 Å². The van der Waals surface area contributed by atoms with Gasteiger partial charge in [0.15, 0.2) is 0 Å². The highest BCUT2D eigenvalue weighted by molar-refractivity contribution is 7.10. The fourth-order valence-corrected chi connectivity index (χ4v) is 2.13. The predicted octanol–water partition coefficient (Wildman–Crippen LogP) is 1.96. The van der Waals surface area contributed by atoms with E-state index in [2.05, 4.69) is 4.74 Å². The number of carbonyl (C=O) groups excluding carboxylic acids is 1. The number of methoxy groups -OCH3 is 1. The molecule has 0 aliphatic rings. The monoisotopic (exact) mass is 219 g/mol. The molecule has 0 saturated carbocycles. The molecule has 2 N–H and O–H groups in total. The summed E-state index contributed by atoms with van der Waals surface area (Å²) >= 11 is 7.28. The van der Waals surface area contributed by atoms with Crippen LogP contribution in [0.25, 0.3) is 0 Å². The number of hydrogen-bond donors (Lipinski definition) is 1. The lowest BCUT2D eigenvalue weighted by Crippen LogP contribution is -2.15. The zero-order valence-electron chi connectivity index (χ0n) is 7.12. The molecular formula is C8H10ClNO2S. The van der Waals surface area contributed by atoms with Crippen molar-refractivity contribution in [3.05, 3.63) is 21.3 Å². The molecule has 0 aliphatic carbocycles. The Morgan fingerprint density at radius 1 is 1.85 bits per heavy atom. The van der Waals surface area contributed by atoms with Crippen LogP contribution < -0.4 is 5.73 Å². The number of hydrogen-bond acceptors (Lipinski definition) is 4. The Hall–Kier alpha value is -0.580. The van der Waals surface area contributed by atoms with Crippen molar-refractivity contribution in [1.29, 1.82) is 0 Å². The molecule has 13 heavy (non-hydrogen) atoms. The van der Waals surface area contributed by atoms with Gasteiger partial charge >= 0.3 is 5.97 Å². The Labute approximate surface area is 85.4 Å². The first-order valence-electron chi connectivity index (χ1n) is 3.70. The summed E-state index contributed by atoms with van der Waals surface area (Å²) in [4.78, 5) is 11.7. The first-order valence-corrected chi connectivity index (χ1v) is 4.96. The molecule has 1 aromatic rings. The summed E-state index contributed by atoms with van der Waals surface area (Å²) in [7, 11) is 1.34. The average molecular weight is 220 g/mol. The van der Waals surface area contributed by atoms with E-state index in [0.717, 1.165) is 4.88 Å². The van der Waals surface area contributed by atoms with Gasteiger partial charge in [0.25, 0.3) is 0 Å². The Morgan fingerprint density at radius 3 is 3.00 bits per heavy atom. The van der Waals surface area contributed by atoms with E-state index in [4.69, 9.17) is 17.3 Å². The smallest absolute Gasteiger partial charge is 0.307 e. The molecule has 1 heterocycles. The van der Waals surface area contributed by atoms with Gasteiger partial charge in [0.1, 0.15) is 0 Å². The van der Waals surface area contributed by atoms with Gasteiger partial charge in [-0.3, -0.25) is 4.79 Å². The minimum atomic E-state index is -0.361. The van der Waals surface area contributed by atoms with E-state index in [0.29, 0.717) is 5.02 Å². The third-order valence-corrected chi connectivity index (χ3v) is 3.09. The molecule has 1 rings (SSSR count). The number of esters is 1. The second kappa shape index (κ2) is 4.60. The number of nitrogens with two attached hydrogens (primary N) is 1. The zero-order chi connectivity index (χ0) is 9.84. The van der Waals surface area contributed by atoms with Gasteiger partial charge in [-0.1, -0.05) is 11.6 Å². The van der Waals surface area contributed by atoms with Gasteiger partial charge in [0, 0.05) is 4.88 Å². The van der Waals surface area contributed by atoms with Crippen molar-refractivity contribution in [3.8, 4) is 0 Å². The highest BCUT2D eigenvalue weighted by atomic mass is 35.5. The van der Waals surface area contributed by atoms with Crippen LogP contribution >= 0.6 is 22.9 Å². The van der Waals surface area contributed by atoms with E-state index in [1.807, 2.05) is 5.38 Å². The van der Waals surface area contributed by atoms with Crippen LogP contribution in [0.4, 0.5) is 0 Å². The molecule has 0 amide bonds. The van der Waals surface area contributed by atoms with Crippen molar-refractivity contribution in [2.45, 2.75) is 12.5 Å². The number of carbonyl (C=O) groups is 1. The quantitative estimate of drug-likeness (QED) is 0.791. The molecule has 72 valence electrons. The maximum Gasteiger partial charge on any atom is 0.307 e. The van der Waals surface area contributed by atoms with Gasteiger partial charge in [0.2, 0.25) is 0 Å². The predicted molar refractivity (Wildman–Crippen MR) is 52.9 cm³/mol. The fraction of sp³-hybridized carbons (Fsp3) is 0.375. The Balaban J connectivity index is 2.63. The van der Waals surface area contributed by atoms with E-state index >= 15 is 0 Å². The lowest BCUT2D eigenvalue weighted by molar-refractivity contribution is -0.141. The summed E-state index contributed by atoms with van der Waals surface area (Å²) in [5, 5.41) is 2.45. The van der Waals surface area contributed by atoms with Gasteiger partial charge in [-0.05, 0) is 11.4 Å². The third-order valence-electron chi connectivity index (χ3n) is 1.60. The minimum absolute atomic E-state index is 0.163. The summed E-state index contributed by atoms with van der Waals surface area (Å²) in [6, 6.07) is 1.40. The van der Waals surface area contributed by atoms with Crippen molar-refractivity contribution >= 4 is 28.9 Å². The zero-order valence-corrected chi connectivity index (χ0v) is 8.69. The first kappa shape index (κ1) is 10.5. The number of rotatable bonds is 3. The molecule has 0 fully saturated rings. The standard InChI is InChI=1S/C8H10ClNO2S/c1-12-7(11)4-6(10)8-5(9)2-3-13-8/h2-3,6H,4,10H2,1H3/t6-/m0/s1. The lowest BCUT2D eigenvalue weighted by atomic mass is 10.2. The molecule has 1 atom stereocenters. The van der Waals surface area contributed by atoms with Crippen LogP contribution in [-0.4, -0.2) is 13.1 Å². The maximum atomic E-state index is 10.9. The molecule has 0 spiro atoms. The van der Waals surface area contributed by atoms with E-state index in [1.54, 1.807) is 6.07 Å². The topological polar surface area (TPSA) is 52.3 Å². The second-order valence-electron chi connectivity index (χ2n) is 2.52. The van der Waals surface area contributed by atoms with Gasteiger partial charge < -0.3 is 10.5 Å². The highest BCUT2D eigenvalue weighted by Gasteiger charge is 2.15. The summed E-state index contributed by atoms with van der Waals surface area (Å²) in [5.74, 6) is -0.322. The van der Waals surface area contributed by atoms with Crippen molar-refractivity contribution in [1.82, 2.24) is 0 Å². The molecule has 0 radical (unpaired) electrons. The third kappa shape index (κ3) is 2.69. The molecule has 0 aromatic carbocycles. The van der Waals surface area contributed by atoms with Gasteiger partial charge in [-0.2, -0.15) is 0 Å². The molecule has 0 bridgehead atoms. The van der Waals surface area contributed by atoms with Crippen molar-refractivity contribution in [2.75, 3.05) is 7.11 Å². The van der Waals surface area contributed by atoms with Crippen molar-refractivity contribution in [2.24, 2.45) is 5.73 Å². The average Bonchev–Trinajstić information content (AvgIpc) is 2.51. The van der Waals surface area contributed by atoms with E-state index in [-0.39, 0.29) is 18.4 Å². The summed E-state index contributed by atoms with van der Waals surface area (Å²) in [5.41, 5.74) is 5.74. The van der Waals surface area contributed by atoms with Crippen molar-refractivity contribution in [3.63, 3.8) is 0 Å². The van der Waals surface area contributed by atoms with E-state index in [1.165, 1.54) is 18.4 Å². The first-order chi connectivity index (χ1) is 6.15. The van der Waals surface area contributed by atoms with Crippen LogP contribution in [0.3, 0.4) is 0 Å². The van der Waals surface area contributed by atoms with Crippen LogP contribution in [0.2, 0.25) is 5.02 Å². The molecular weight excluding hydrogens is 210 g/mol. The Kier molecular flexibility index (Phi) is 3.71. The molecule has 0 saturated heterocycles. The van der Waals surface area contributed by atoms with Crippen LogP contribution in [0.5, 0.6) is 0 Å². The van der Waals surface area contributed by atoms with E-state index < -0.39 is 0 Å². The molecule has 0 unspecified atom stereocenters. The lowest BCUT2D eigenvalue weighted by Gasteiger charge is -2.07. The van der Waals surface area contributed by atoms with Crippen LogP contribution in [0, 0.1) is 0 Å². The maximum absolute atomic E-state index is 10.9. The summed E-state index contributed by atoms with van der Waals surface area (Å²) < 4.78 is 4.50. The molecule has 3 nitrogen and oxygen atoms in total. The summed E-state index contributed by atoms with van der Waals surface area (Å²) in [6.45, 7) is 0. The van der Waals surface area contributed by atoms with Crippen LogP contribution in [0.1, 0.15) is 17.3 Å². The largest absolute Gasteiger partial charge is 0.469 e. The van der Waals surface area contributed by atoms with Crippen molar-refractivity contribution < 1.29 is 9.53 Å². The second-order valence-corrected chi connectivity index (χ2v) is 3.87. The van der Waals surface area contributed by atoms with Gasteiger partial charge in [-0.15, -0.1) is 11.3 Å². The van der Waals surface area contributed by atoms with Crippen LogP contribution in [0.15, 0.2) is 11.4 Å². The molecule has 5 heteroatoms. The summed E-state index contributed by atoms with van der Waals surface area (Å²) in [6.07, 6.45) is 0.163. The minimum Gasteiger partial charge on any atom is -0.469 e. The fourth-order valence-electron chi connectivity index (χ4n) is 0.926. The number of ether oxygens (including phenoxy) is 1. The molecule has 0 aliphatic heterocycles. The Morgan fingerprint density at radius 2 is 2.54 bits per heavy atom. The van der Waals surface area contributed by atoms with Gasteiger partial charge in [0.05, 0.1) is 24.6 Å². The SMILES string of the molecule is COC(=O)C[C@H](N)c1sccc1Cl. The number of halogens is 1. The number of thiophene rings is 1. The highest BCUT2D eigenvalue weighted by Crippen LogP contribution is 2.28. The molecule has 1 aromatic heterocycles. The van der Waals surface area contributed by atoms with E-state index in [9.17, 15) is 4.79 Å². The van der Waals surface area contributed by atoms with Crippen LogP contribution in [-0.2, 0) is 9.53 Å². The Bertz CT molecular complexity index is 300. The normalized spacial score (nSPS) is 12.5.